The van der Waals surface area contributed by atoms with Crippen LogP contribution in [0.4, 0.5) is 0 Å². The van der Waals surface area contributed by atoms with E-state index in [0.717, 1.165) is 0 Å². The van der Waals surface area contributed by atoms with E-state index in [0.29, 0.717) is 0 Å². The maximum absolute atomic E-state index is 8.50. The number of rotatable bonds is 0. The fourth-order valence-corrected chi connectivity index (χ4v) is 0. The third-order valence-electron chi connectivity index (χ3n) is 0. The Bertz CT molecular complexity index is 36.2. The summed E-state index contributed by atoms with van der Waals surface area (Å²) in [6.07, 6.45) is 0. The van der Waals surface area contributed by atoms with E-state index in [1.54, 1.807) is 0 Å². The zero-order chi connectivity index (χ0) is 4.71. The Morgan fingerprint density at radius 2 is 1.20 bits per heavy atom. The van der Waals surface area contributed by atoms with Crippen LogP contribution in [0.25, 0.3) is 0 Å². The van der Waals surface area contributed by atoms with Crippen molar-refractivity contribution in [2.75, 3.05) is 0 Å². The Morgan fingerprint density at radius 1 is 1.20 bits per heavy atom. The molecule has 0 rings (SSSR count). The summed E-state index contributed by atoms with van der Waals surface area (Å²) in [5, 5.41) is 0. The van der Waals surface area contributed by atoms with Crippen LogP contribution in [-0.2, 0) is 26.7 Å². The quantitative estimate of drug-likeness (QED) is 0.540. The summed E-state index contributed by atoms with van der Waals surface area (Å²) in [5.74, 6) is 0. The number of hydrogen-bond acceptors (Lipinski definition) is 3. The third-order valence-corrected chi connectivity index (χ3v) is 0. The van der Waals surface area contributed by atoms with Gasteiger partial charge in [0.25, 0.3) is 0 Å². The molecule has 0 bridgehead atoms. The molecule has 25 valence electrons. The molecule has 0 aliphatic carbocycles. The van der Waals surface area contributed by atoms with Crippen LogP contribution in [0.1, 0.15) is 0 Å². The van der Waals surface area contributed by atoms with E-state index in [4.69, 9.17) is 7.64 Å². The average Bonchev–Trinajstić information content (AvgIpc) is 1.46. The first-order chi connectivity index (χ1) is 2.41. The van der Waals surface area contributed by atoms with Crippen molar-refractivity contribution < 1.29 is 66.1 Å². The van der Waals surface area contributed by atoms with E-state index in [9.17, 15) is 0 Å². The molecule has 5 heavy (non-hydrogen) atoms. The van der Waals surface area contributed by atoms with Gasteiger partial charge in [-0.3, -0.25) is 0 Å². The zero-order valence-corrected chi connectivity index (χ0v) is 7.57. The van der Waals surface area contributed by atoms with Crippen LogP contribution >= 0.6 is 0 Å². The molecule has 5 heteroatoms. The molecular formula is O3PrTi. The van der Waals surface area contributed by atoms with E-state index in [1.807, 2.05) is 0 Å². The van der Waals surface area contributed by atoms with Crippen molar-refractivity contribution in [3.63, 3.8) is 0 Å². The molecule has 0 N–H and O–H groups in total. The molecule has 0 atom stereocenters. The second kappa shape index (κ2) is 17.9. The van der Waals surface area contributed by atoms with Crippen LogP contribution in [-0.4, -0.2) is 0 Å². The van der Waals surface area contributed by atoms with Gasteiger partial charge in [0.1, 0.15) is 0 Å². The molecule has 0 saturated carbocycles. The van der Waals surface area contributed by atoms with Crippen molar-refractivity contribution in [1.29, 1.82) is 0 Å². The SMILES string of the molecule is [O]=[Pr].[O]=[Ti]=[O]. The maximum atomic E-state index is 8.50. The Balaban J connectivity index is 0. The van der Waals surface area contributed by atoms with Crippen LogP contribution in [0.2, 0.25) is 0 Å². The summed E-state index contributed by atoms with van der Waals surface area (Å²) >= 11 is -2.08. The normalized spacial score (nSPS) is 2.80. The van der Waals surface area contributed by atoms with Crippen molar-refractivity contribution in [3.8, 4) is 0 Å². The van der Waals surface area contributed by atoms with Crippen molar-refractivity contribution >= 4 is 0 Å². The van der Waals surface area contributed by atoms with E-state index >= 15 is 0 Å². The molecule has 0 heterocycles. The van der Waals surface area contributed by atoms with Gasteiger partial charge in [-0.1, -0.05) is 0 Å². The van der Waals surface area contributed by atoms with Crippen LogP contribution in [0.3, 0.4) is 0 Å². The van der Waals surface area contributed by atoms with E-state index in [1.165, 1.54) is 0 Å². The fraction of sp³-hybridized carbons (Fsp3) is 0. The third kappa shape index (κ3) is 30.3. The van der Waals surface area contributed by atoms with Crippen LogP contribution in [0.5, 0.6) is 0 Å². The second-order valence-electron chi connectivity index (χ2n) is 0.0833. The van der Waals surface area contributed by atoms with Gasteiger partial charge in [-0.05, 0) is 0 Å². The zero-order valence-electron chi connectivity index (χ0n) is 2.30. The van der Waals surface area contributed by atoms with E-state index in [-0.39, 0.29) is 39.3 Å². The van der Waals surface area contributed by atoms with Crippen molar-refractivity contribution in [2.24, 2.45) is 0 Å². The summed E-state index contributed by atoms with van der Waals surface area (Å²) in [6.45, 7) is 0. The molecule has 3 nitrogen and oxygen atoms in total. The second-order valence-corrected chi connectivity index (χ2v) is 0.344. The van der Waals surface area contributed by atoms with E-state index in [2.05, 4.69) is 0 Å². The van der Waals surface area contributed by atoms with Gasteiger partial charge in [0.15, 0.2) is 0 Å². The summed E-state index contributed by atoms with van der Waals surface area (Å²) in [6, 6.07) is 0. The molecule has 0 aromatic carbocycles. The molecule has 0 unspecified atom stereocenters. The molecule has 0 spiro atoms. The average molecular weight is 237 g/mol. The predicted octanol–water partition coefficient (Wildman–Crippen LogP) is -0.359. The van der Waals surface area contributed by atoms with Crippen molar-refractivity contribution in [3.05, 3.63) is 0 Å². The van der Waals surface area contributed by atoms with Gasteiger partial charge in [0.2, 0.25) is 0 Å². The number of hydrogen-bond donors (Lipinski definition) is 0. The van der Waals surface area contributed by atoms with Gasteiger partial charge in [-0.15, -0.1) is 0 Å². The molecule has 0 fully saturated rings. The summed E-state index contributed by atoms with van der Waals surface area (Å²) < 4.78 is 25.4. The van der Waals surface area contributed by atoms with Gasteiger partial charge in [-0.25, -0.2) is 0 Å². The molecule has 0 aliphatic heterocycles. The fourth-order valence-electron chi connectivity index (χ4n) is 0. The van der Waals surface area contributed by atoms with Crippen molar-refractivity contribution in [1.82, 2.24) is 0 Å². The summed E-state index contributed by atoms with van der Waals surface area (Å²) in [4.78, 5) is 0. The monoisotopic (exact) mass is 237 g/mol. The van der Waals surface area contributed by atoms with Gasteiger partial charge >= 0.3 is 66.1 Å². The molecule has 0 aromatic heterocycles. The molecule has 0 radical (unpaired) electrons. The van der Waals surface area contributed by atoms with Crippen molar-refractivity contribution in [2.45, 2.75) is 0 Å². The Morgan fingerprint density at radius 3 is 1.20 bits per heavy atom. The van der Waals surface area contributed by atoms with Gasteiger partial charge in [-0.2, -0.15) is 0 Å². The Kier molecular flexibility index (Phi) is 34.7. The summed E-state index contributed by atoms with van der Waals surface area (Å²) in [7, 11) is 0. The molecule has 0 saturated heterocycles. The molecule has 0 aromatic rings. The van der Waals surface area contributed by atoms with Gasteiger partial charge in [0.05, 0.1) is 0 Å². The first-order valence-electron chi connectivity index (χ1n) is 0.644. The van der Waals surface area contributed by atoms with Crippen LogP contribution in [0.15, 0.2) is 0 Å². The predicted molar refractivity (Wildman–Crippen MR) is 2.06 cm³/mol. The Labute approximate surface area is 64.9 Å². The van der Waals surface area contributed by atoms with Crippen LogP contribution in [0, 0.1) is 39.3 Å². The van der Waals surface area contributed by atoms with Gasteiger partial charge in [0, 0.05) is 0 Å². The minimum atomic E-state index is -2.00. The van der Waals surface area contributed by atoms with Crippen LogP contribution < -0.4 is 0 Å². The minimum absolute atomic E-state index is 0.0833. The van der Waals surface area contributed by atoms with Gasteiger partial charge < -0.3 is 0 Å². The first-order valence-corrected chi connectivity index (χ1v) is 3.43. The Hall–Kier alpha value is 1.48. The first kappa shape index (κ1) is 9.69. The topological polar surface area (TPSA) is 51.2 Å². The molecular weight excluding hydrogens is 237 g/mol. The molecule has 0 aliphatic rings. The molecule has 0 amide bonds. The van der Waals surface area contributed by atoms with E-state index < -0.39 is 19.1 Å². The summed E-state index contributed by atoms with van der Waals surface area (Å²) in [5.41, 5.74) is 0. The standard InChI is InChI=1S/3O.Pr.Ti.